The smallest absolute Gasteiger partial charge is 0.168 e. The lowest BCUT2D eigenvalue weighted by Crippen LogP contribution is -2.29. The fourth-order valence-corrected chi connectivity index (χ4v) is 4.82. The van der Waals surface area contributed by atoms with Crippen molar-refractivity contribution in [2.75, 3.05) is 30.0 Å². The molecule has 0 fully saturated rings. The standard InChI is InChI=1S/C24H30N4O4S/c1-17(29)16-33(31,32)13-12-27(5)23-15-20(26-22-10-11-25-28(22)23)14-21(30)18-6-8-19(9-7-18)24(2,3)4/h6-11,15H,12-14,16H2,1-5H3. The molecule has 0 aliphatic carbocycles. The first kappa shape index (κ1) is 24.6. The third-order valence-corrected chi connectivity index (χ3v) is 7.01. The van der Waals surface area contributed by atoms with Crippen LogP contribution in [0.2, 0.25) is 0 Å². The normalized spacial score (nSPS) is 12.2. The first-order valence-corrected chi connectivity index (χ1v) is 12.6. The number of hydrogen-bond donors (Lipinski definition) is 0. The molecule has 1 aromatic carbocycles. The van der Waals surface area contributed by atoms with E-state index < -0.39 is 15.6 Å². The van der Waals surface area contributed by atoms with Crippen molar-refractivity contribution >= 4 is 32.9 Å². The Kier molecular flexibility index (Phi) is 7.02. The highest BCUT2D eigenvalue weighted by Crippen LogP contribution is 2.23. The zero-order chi connectivity index (χ0) is 24.4. The SMILES string of the molecule is CC(=O)CS(=O)(=O)CCN(C)c1cc(CC(=O)c2ccc(C(C)(C)C)cc2)nc2ccnn12. The number of ketones is 2. The van der Waals surface area contributed by atoms with Gasteiger partial charge in [0.15, 0.2) is 21.3 Å². The minimum Gasteiger partial charge on any atom is -0.358 e. The predicted octanol–water partition coefficient (Wildman–Crippen LogP) is 2.89. The number of sulfone groups is 1. The highest BCUT2D eigenvalue weighted by Gasteiger charge is 2.19. The van der Waals surface area contributed by atoms with E-state index in [1.165, 1.54) is 6.92 Å². The van der Waals surface area contributed by atoms with Gasteiger partial charge in [0.05, 0.1) is 24.1 Å². The Balaban J connectivity index is 1.81. The molecule has 0 N–H and O–H groups in total. The van der Waals surface area contributed by atoms with E-state index >= 15 is 0 Å². The van der Waals surface area contributed by atoms with E-state index in [0.29, 0.717) is 22.7 Å². The molecular formula is C24H30N4O4S. The number of Topliss-reactive ketones (excluding diaryl/α,β-unsaturated/α-hetero) is 2. The second-order valence-corrected chi connectivity index (χ2v) is 11.5. The van der Waals surface area contributed by atoms with Gasteiger partial charge in [-0.3, -0.25) is 9.59 Å². The summed E-state index contributed by atoms with van der Waals surface area (Å²) in [5.74, 6) is -0.448. The lowest BCUT2D eigenvalue weighted by Gasteiger charge is -2.20. The summed E-state index contributed by atoms with van der Waals surface area (Å²) in [5.41, 5.74) is 2.91. The molecule has 3 aromatic rings. The van der Waals surface area contributed by atoms with Crippen LogP contribution >= 0.6 is 0 Å². The summed E-state index contributed by atoms with van der Waals surface area (Å²) in [6.45, 7) is 7.81. The maximum absolute atomic E-state index is 12.9. The predicted molar refractivity (Wildman–Crippen MR) is 129 cm³/mol. The van der Waals surface area contributed by atoms with Gasteiger partial charge in [-0.25, -0.2) is 13.4 Å². The molecule has 0 bridgehead atoms. The van der Waals surface area contributed by atoms with Gasteiger partial charge >= 0.3 is 0 Å². The van der Waals surface area contributed by atoms with E-state index in [2.05, 4.69) is 30.9 Å². The maximum atomic E-state index is 12.9. The van der Waals surface area contributed by atoms with E-state index in [1.54, 1.807) is 34.8 Å². The summed E-state index contributed by atoms with van der Waals surface area (Å²) >= 11 is 0. The highest BCUT2D eigenvalue weighted by molar-refractivity contribution is 7.92. The van der Waals surface area contributed by atoms with Gasteiger partial charge in [-0.1, -0.05) is 45.0 Å². The van der Waals surface area contributed by atoms with Gasteiger partial charge in [-0.2, -0.15) is 9.61 Å². The number of carbonyl (C=O) groups excluding carboxylic acids is 2. The Morgan fingerprint density at radius 1 is 1.09 bits per heavy atom. The number of hydrogen-bond acceptors (Lipinski definition) is 7. The Hall–Kier alpha value is -3.07. The Morgan fingerprint density at radius 3 is 2.36 bits per heavy atom. The van der Waals surface area contributed by atoms with Gasteiger partial charge < -0.3 is 4.90 Å². The molecule has 2 aromatic heterocycles. The minimum atomic E-state index is -3.49. The van der Waals surface area contributed by atoms with Crippen molar-refractivity contribution in [3.8, 4) is 0 Å². The second kappa shape index (κ2) is 9.43. The monoisotopic (exact) mass is 470 g/mol. The molecule has 0 aliphatic rings. The maximum Gasteiger partial charge on any atom is 0.168 e. The molecule has 0 atom stereocenters. The van der Waals surface area contributed by atoms with Gasteiger partial charge in [-0.05, 0) is 17.9 Å². The molecule has 0 radical (unpaired) electrons. The van der Waals surface area contributed by atoms with Crippen LogP contribution in [0.25, 0.3) is 5.65 Å². The van der Waals surface area contributed by atoms with Crippen LogP contribution in [0.4, 0.5) is 5.82 Å². The Labute approximate surface area is 194 Å². The van der Waals surface area contributed by atoms with Gasteiger partial charge in [0.25, 0.3) is 0 Å². The van der Waals surface area contributed by atoms with E-state index in [1.807, 2.05) is 24.3 Å². The quantitative estimate of drug-likeness (QED) is 0.443. The first-order chi connectivity index (χ1) is 15.4. The lowest BCUT2D eigenvalue weighted by molar-refractivity contribution is -0.114. The summed E-state index contributed by atoms with van der Waals surface area (Å²) in [7, 11) is -1.75. The summed E-state index contributed by atoms with van der Waals surface area (Å²) in [5, 5.41) is 4.27. The molecule has 0 aliphatic heterocycles. The van der Waals surface area contributed by atoms with Crippen molar-refractivity contribution in [3.05, 3.63) is 59.4 Å². The molecule has 176 valence electrons. The number of benzene rings is 1. The molecule has 33 heavy (non-hydrogen) atoms. The van der Waals surface area contributed by atoms with Crippen LogP contribution in [0.1, 0.15) is 49.3 Å². The van der Waals surface area contributed by atoms with Gasteiger partial charge in [0.2, 0.25) is 0 Å². The number of rotatable bonds is 9. The Morgan fingerprint density at radius 2 is 1.76 bits per heavy atom. The van der Waals surface area contributed by atoms with E-state index in [4.69, 9.17) is 0 Å². The molecule has 0 amide bonds. The summed E-state index contributed by atoms with van der Waals surface area (Å²) in [4.78, 5) is 30.4. The molecule has 0 saturated carbocycles. The second-order valence-electron chi connectivity index (χ2n) is 9.35. The third kappa shape index (κ3) is 6.25. The van der Waals surface area contributed by atoms with Crippen LogP contribution in [0.5, 0.6) is 0 Å². The van der Waals surface area contributed by atoms with Crippen LogP contribution in [0.3, 0.4) is 0 Å². The van der Waals surface area contributed by atoms with Gasteiger partial charge in [0.1, 0.15) is 17.4 Å². The van der Waals surface area contributed by atoms with E-state index in [-0.39, 0.29) is 35.7 Å². The molecule has 8 nitrogen and oxygen atoms in total. The van der Waals surface area contributed by atoms with E-state index in [9.17, 15) is 18.0 Å². The van der Waals surface area contributed by atoms with Crippen molar-refractivity contribution in [2.45, 2.75) is 39.5 Å². The van der Waals surface area contributed by atoms with Crippen molar-refractivity contribution in [1.82, 2.24) is 14.6 Å². The van der Waals surface area contributed by atoms with Crippen LogP contribution in [0.15, 0.2) is 42.6 Å². The molecular weight excluding hydrogens is 440 g/mol. The molecule has 3 rings (SSSR count). The van der Waals surface area contributed by atoms with Gasteiger partial charge in [0, 0.05) is 31.3 Å². The molecule has 0 spiro atoms. The van der Waals surface area contributed by atoms with Crippen LogP contribution in [0, 0.1) is 0 Å². The molecule has 0 saturated heterocycles. The zero-order valence-electron chi connectivity index (χ0n) is 19.7. The summed E-state index contributed by atoms with van der Waals surface area (Å²) in [6, 6.07) is 11.1. The lowest BCUT2D eigenvalue weighted by atomic mass is 9.86. The third-order valence-electron chi connectivity index (χ3n) is 5.36. The number of nitrogens with zero attached hydrogens (tertiary/aromatic N) is 4. The molecule has 9 heteroatoms. The summed E-state index contributed by atoms with van der Waals surface area (Å²) in [6.07, 6.45) is 1.71. The molecule has 2 heterocycles. The van der Waals surface area contributed by atoms with Crippen LogP contribution < -0.4 is 4.90 Å². The van der Waals surface area contributed by atoms with Crippen molar-refractivity contribution in [3.63, 3.8) is 0 Å². The average Bonchev–Trinajstić information content (AvgIpc) is 3.18. The van der Waals surface area contributed by atoms with Crippen molar-refractivity contribution < 1.29 is 18.0 Å². The topological polar surface area (TPSA) is 102 Å². The van der Waals surface area contributed by atoms with E-state index in [0.717, 1.165) is 5.56 Å². The van der Waals surface area contributed by atoms with Gasteiger partial charge in [-0.15, -0.1) is 0 Å². The summed E-state index contributed by atoms with van der Waals surface area (Å²) < 4.78 is 25.8. The highest BCUT2D eigenvalue weighted by atomic mass is 32.2. The number of carbonyl (C=O) groups is 2. The van der Waals surface area contributed by atoms with Crippen molar-refractivity contribution in [2.24, 2.45) is 0 Å². The molecule has 0 unspecified atom stereocenters. The number of aromatic nitrogens is 3. The first-order valence-electron chi connectivity index (χ1n) is 10.7. The average molecular weight is 471 g/mol. The van der Waals surface area contributed by atoms with Crippen LogP contribution in [-0.2, 0) is 26.5 Å². The number of fused-ring (bicyclic) bond motifs is 1. The number of anilines is 1. The fourth-order valence-electron chi connectivity index (χ4n) is 3.50. The van der Waals surface area contributed by atoms with Crippen LogP contribution in [-0.4, -0.2) is 59.7 Å². The largest absolute Gasteiger partial charge is 0.358 e. The van der Waals surface area contributed by atoms with Crippen molar-refractivity contribution in [1.29, 1.82) is 0 Å². The Bertz CT molecular complexity index is 1270. The zero-order valence-corrected chi connectivity index (χ0v) is 20.5. The fraction of sp³-hybridized carbons (Fsp3) is 0.417. The minimum absolute atomic E-state index is 0.00750.